The third-order valence-electron chi connectivity index (χ3n) is 19.1. The van der Waals surface area contributed by atoms with Gasteiger partial charge in [-0.15, -0.1) is 0 Å². The third-order valence-corrected chi connectivity index (χ3v) is 19.1. The Morgan fingerprint density at radius 3 is 1.40 bits per heavy atom. The summed E-state index contributed by atoms with van der Waals surface area (Å²) in [6.45, 7) is 8.47. The highest BCUT2D eigenvalue weighted by molar-refractivity contribution is 5.72. The summed E-state index contributed by atoms with van der Waals surface area (Å²) in [4.78, 5) is 6.02. The Morgan fingerprint density at radius 1 is 0.533 bits per heavy atom. The van der Waals surface area contributed by atoms with Crippen molar-refractivity contribution in [1.82, 2.24) is 0 Å². The highest BCUT2D eigenvalue weighted by atomic mass is 79.9. The Hall–Kier alpha value is -3.24. The lowest BCUT2D eigenvalue weighted by molar-refractivity contribution is -0.955. The number of halogens is 2. The van der Waals surface area contributed by atoms with Crippen LogP contribution in [-0.2, 0) is 33.4 Å². The number of para-hydroxylation sites is 2. The minimum absolute atomic E-state index is 0. The molecular weight excluding hydrogens is 872 g/mol. The molecule has 5 saturated heterocycles. The highest BCUT2D eigenvalue weighted by Gasteiger charge is 2.81. The van der Waals surface area contributed by atoms with Crippen LogP contribution in [0.3, 0.4) is 0 Å². The van der Waals surface area contributed by atoms with E-state index in [9.17, 15) is 0 Å². The topological polar surface area (TPSA) is 24.9 Å². The molecule has 0 aromatic heterocycles. The van der Waals surface area contributed by atoms with Crippen molar-refractivity contribution in [1.29, 1.82) is 0 Å². The van der Waals surface area contributed by atoms with E-state index in [-0.39, 0.29) is 57.2 Å². The molecule has 8 heteroatoms. The number of ether oxygens (including phenoxy) is 2. The maximum atomic E-state index is 7.66. The van der Waals surface area contributed by atoms with Crippen LogP contribution < -0.4 is 43.8 Å². The number of piperidine rings is 2. The minimum atomic E-state index is 0. The summed E-state index contributed by atoms with van der Waals surface area (Å²) < 4.78 is 17.7. The molecule has 0 N–H and O–H groups in total. The van der Waals surface area contributed by atoms with Gasteiger partial charge in [0, 0.05) is 71.9 Å². The van der Waals surface area contributed by atoms with Crippen molar-refractivity contribution < 1.29 is 52.4 Å². The maximum Gasteiger partial charge on any atom is 0.136 e. The van der Waals surface area contributed by atoms with Crippen LogP contribution in [0.4, 0.5) is 11.4 Å². The van der Waals surface area contributed by atoms with Crippen LogP contribution in [-0.4, -0.2) is 85.0 Å². The number of benzene rings is 4. The number of fused-ring (bicyclic) bond motifs is 6. The second kappa shape index (κ2) is 12.7. The van der Waals surface area contributed by atoms with Gasteiger partial charge in [0.05, 0.1) is 49.2 Å². The number of hydrogen-bond acceptors (Lipinski definition) is 4. The Labute approximate surface area is 375 Å². The summed E-state index contributed by atoms with van der Waals surface area (Å²) in [6, 6.07) is 44.4. The van der Waals surface area contributed by atoms with Gasteiger partial charge in [0.15, 0.2) is 0 Å². The molecule has 15 rings (SSSR count). The van der Waals surface area contributed by atoms with E-state index in [0.717, 1.165) is 26.2 Å². The monoisotopic (exact) mass is 924 g/mol. The zero-order valence-electron chi connectivity index (χ0n) is 34.2. The Morgan fingerprint density at radius 2 is 0.950 bits per heavy atom. The molecule has 7 fully saturated rings. The lowest BCUT2D eigenvalue weighted by Gasteiger charge is -2.65. The highest BCUT2D eigenvalue weighted by Crippen LogP contribution is 2.73. The molecule has 2 aliphatic carbocycles. The molecule has 11 aliphatic rings. The van der Waals surface area contributed by atoms with Crippen LogP contribution in [0.2, 0.25) is 0 Å². The number of hydrogen-bond donors (Lipinski definition) is 0. The second-order valence-corrected chi connectivity index (χ2v) is 20.7. The zero-order valence-corrected chi connectivity index (χ0v) is 37.3. The molecule has 6 nitrogen and oxygen atoms in total. The molecule has 308 valence electrons. The lowest BCUT2D eigenvalue weighted by Crippen LogP contribution is -3.00. The number of rotatable bonds is 4. The van der Waals surface area contributed by atoms with Gasteiger partial charge in [-0.05, 0) is 34.4 Å². The lowest BCUT2D eigenvalue weighted by atomic mass is 9.52. The number of nitrogens with zero attached hydrogens (tertiary/aromatic N) is 4. The summed E-state index contributed by atoms with van der Waals surface area (Å²) in [5, 5.41) is 0. The molecule has 4 aromatic rings. The first-order chi connectivity index (χ1) is 28.6. The second-order valence-electron chi connectivity index (χ2n) is 20.7. The average Bonchev–Trinajstić information content (AvgIpc) is 3.87. The van der Waals surface area contributed by atoms with Gasteiger partial charge in [-0.1, -0.05) is 109 Å². The molecule has 60 heavy (non-hydrogen) atoms. The predicted octanol–water partition coefficient (Wildman–Crippen LogP) is 1.70. The minimum Gasteiger partial charge on any atom is -1.00 e. The summed E-state index contributed by atoms with van der Waals surface area (Å²) in [7, 11) is 0. The molecule has 9 aliphatic heterocycles. The first-order valence-corrected chi connectivity index (χ1v) is 22.8. The van der Waals surface area contributed by atoms with E-state index in [1.54, 1.807) is 22.3 Å². The van der Waals surface area contributed by atoms with Crippen molar-refractivity contribution in [3.8, 4) is 0 Å². The molecule has 9 heterocycles. The summed E-state index contributed by atoms with van der Waals surface area (Å²) in [6.07, 6.45) is 10.2. The van der Waals surface area contributed by atoms with Gasteiger partial charge < -0.3 is 62.2 Å². The quantitative estimate of drug-likeness (QED) is 0.230. The Kier molecular flexibility index (Phi) is 7.90. The number of anilines is 2. The van der Waals surface area contributed by atoms with Crippen molar-refractivity contribution >= 4 is 11.4 Å². The molecule has 0 amide bonds. The van der Waals surface area contributed by atoms with Crippen LogP contribution in [0, 0.1) is 23.7 Å². The van der Waals surface area contributed by atoms with Crippen molar-refractivity contribution in [2.45, 2.75) is 86.2 Å². The molecule has 14 atom stereocenters. The van der Waals surface area contributed by atoms with Crippen LogP contribution in [0.25, 0.3) is 0 Å². The normalized spacial score (nSPS) is 43.1. The van der Waals surface area contributed by atoms with Crippen molar-refractivity contribution in [3.05, 3.63) is 155 Å². The van der Waals surface area contributed by atoms with Gasteiger partial charge in [0.25, 0.3) is 0 Å². The summed E-state index contributed by atoms with van der Waals surface area (Å²) in [5.41, 5.74) is 12.7. The number of quaternary nitrogens is 2. The molecule has 2 saturated carbocycles. The summed E-state index contributed by atoms with van der Waals surface area (Å²) in [5.74, 6) is 1.72. The van der Waals surface area contributed by atoms with E-state index in [2.05, 4.69) is 131 Å². The molecule has 2 spiro atoms. The van der Waals surface area contributed by atoms with E-state index < -0.39 is 0 Å². The molecule has 4 bridgehead atoms. The predicted molar refractivity (Wildman–Crippen MR) is 225 cm³/mol. The molecule has 0 unspecified atom stereocenters. The fourth-order valence-corrected chi connectivity index (χ4v) is 17.7. The van der Waals surface area contributed by atoms with Crippen molar-refractivity contribution in [3.63, 3.8) is 0 Å². The zero-order chi connectivity index (χ0) is 37.6. The van der Waals surface area contributed by atoms with E-state index in [1.165, 1.54) is 70.2 Å². The van der Waals surface area contributed by atoms with Crippen molar-refractivity contribution in [2.75, 3.05) is 49.2 Å². The van der Waals surface area contributed by atoms with Crippen molar-refractivity contribution in [2.24, 2.45) is 23.7 Å². The Balaban J connectivity index is 0.00000185. The molecule has 4 aromatic carbocycles. The smallest absolute Gasteiger partial charge is 0.136 e. The van der Waals surface area contributed by atoms with Gasteiger partial charge in [-0.3, -0.25) is 0 Å². The fourth-order valence-electron chi connectivity index (χ4n) is 17.7. The van der Waals surface area contributed by atoms with Gasteiger partial charge in [-0.25, -0.2) is 0 Å². The van der Waals surface area contributed by atoms with Gasteiger partial charge in [-0.2, -0.15) is 0 Å². The maximum absolute atomic E-state index is 7.66. The molecule has 0 radical (unpaired) electrons. The first-order valence-electron chi connectivity index (χ1n) is 22.8. The fraction of sp³-hybridized carbons (Fsp3) is 0.462. The molecular formula is C52H54Br2N4O2. The van der Waals surface area contributed by atoms with E-state index >= 15 is 0 Å². The standard InChI is InChI=1S/C52H54N4O2.2BrH/c1-3-11-33(12-4-1)29-55-23-21-51-39-15-7-9-17-41(39)53-47(51)45-37(27-43(51)55)35(31-55)19-25-57-49(45)54-42-18-10-8-16-40(42)52-22-24-56(30-34-13-5-2-6-14-34)32-36-20-26-58-50(53)46(48(52)54)38(36)28-44(52)56;;/h1-20,37-38,43-50H,21-32H2;2*1H/q+2;;/p-2/t37-,38-,43-,44-,45+,46+,47-,48-,49+,50+,51+,52+,55+,56+;;/m0../s1. The van der Waals surface area contributed by atoms with Gasteiger partial charge in [0.1, 0.15) is 50.7 Å². The van der Waals surface area contributed by atoms with Crippen LogP contribution >= 0.6 is 0 Å². The largest absolute Gasteiger partial charge is 1.00 e. The Bertz CT molecular complexity index is 2310. The average molecular weight is 927 g/mol. The van der Waals surface area contributed by atoms with Crippen LogP contribution in [0.15, 0.2) is 132 Å². The van der Waals surface area contributed by atoms with Crippen LogP contribution in [0.5, 0.6) is 0 Å². The van der Waals surface area contributed by atoms with Gasteiger partial charge >= 0.3 is 0 Å². The van der Waals surface area contributed by atoms with E-state index in [1.807, 2.05) is 0 Å². The first kappa shape index (κ1) is 37.3. The van der Waals surface area contributed by atoms with Crippen LogP contribution in [0.1, 0.15) is 47.9 Å². The third kappa shape index (κ3) is 4.26. The summed E-state index contributed by atoms with van der Waals surface area (Å²) >= 11 is 0. The van der Waals surface area contributed by atoms with E-state index in [0.29, 0.717) is 61.1 Å². The van der Waals surface area contributed by atoms with E-state index in [4.69, 9.17) is 9.47 Å². The SMILES string of the molecule is C1=C2C[N@+]3(Cc4ccccc4)CC[C@]45c6ccccc6N6[C@@H]7OCC=C8C[N@+]9(Cc%10ccccc%10)CC[C@]%10%11c%12ccccc%12N([C@H](OC1)[C@@H]([C@H]64)[C@H]2C[C@@H]53)[C@H]%10[C@H]7[C@H]8C[C@@H]%119.[Br-].[Br-]. The van der Waals surface area contributed by atoms with Gasteiger partial charge in [0.2, 0.25) is 0 Å².